The van der Waals surface area contributed by atoms with E-state index < -0.39 is 0 Å². The van der Waals surface area contributed by atoms with Crippen LogP contribution in [0.25, 0.3) is 10.8 Å². The van der Waals surface area contributed by atoms with Crippen molar-refractivity contribution in [2.45, 2.75) is 13.0 Å². The molecule has 106 valence electrons. The minimum Gasteiger partial charge on any atom is -0.507 e. The molecule has 0 saturated heterocycles. The van der Waals surface area contributed by atoms with Crippen molar-refractivity contribution in [1.82, 2.24) is 10.2 Å². The Morgan fingerprint density at radius 1 is 1.25 bits per heavy atom. The Bertz CT molecular complexity index is 623. The first-order valence-electron chi connectivity index (χ1n) is 6.64. The number of amides is 1. The summed E-state index contributed by atoms with van der Waals surface area (Å²) in [5.74, 6) is -0.235. The van der Waals surface area contributed by atoms with Crippen molar-refractivity contribution in [2.24, 2.45) is 0 Å². The fourth-order valence-corrected chi connectivity index (χ4v) is 2.31. The van der Waals surface area contributed by atoms with Gasteiger partial charge in [0, 0.05) is 12.6 Å². The van der Waals surface area contributed by atoms with E-state index in [1.807, 2.05) is 50.2 Å². The van der Waals surface area contributed by atoms with E-state index >= 15 is 0 Å². The molecule has 2 rings (SSSR count). The number of rotatable bonds is 4. The molecule has 0 radical (unpaired) electrons. The predicted molar refractivity (Wildman–Crippen MR) is 81.1 cm³/mol. The maximum atomic E-state index is 12.2. The molecule has 0 aliphatic heterocycles. The second kappa shape index (κ2) is 5.92. The van der Waals surface area contributed by atoms with Crippen molar-refractivity contribution in [1.29, 1.82) is 0 Å². The van der Waals surface area contributed by atoms with Crippen LogP contribution in [0.3, 0.4) is 0 Å². The third-order valence-electron chi connectivity index (χ3n) is 3.13. The first-order valence-corrected chi connectivity index (χ1v) is 6.64. The topological polar surface area (TPSA) is 52.6 Å². The molecular weight excluding hydrogens is 252 g/mol. The van der Waals surface area contributed by atoms with E-state index in [-0.39, 0.29) is 17.7 Å². The summed E-state index contributed by atoms with van der Waals surface area (Å²) in [6.45, 7) is 2.69. The number of hydrogen-bond donors (Lipinski definition) is 2. The van der Waals surface area contributed by atoms with Crippen LogP contribution in [0.1, 0.15) is 17.3 Å². The first-order chi connectivity index (χ1) is 9.47. The Morgan fingerprint density at radius 3 is 2.45 bits per heavy atom. The summed E-state index contributed by atoms with van der Waals surface area (Å²) in [7, 11) is 3.91. The van der Waals surface area contributed by atoms with Crippen LogP contribution in [0.2, 0.25) is 0 Å². The molecule has 0 heterocycles. The van der Waals surface area contributed by atoms with E-state index in [1.165, 1.54) is 0 Å². The number of phenolic OH excluding ortho intramolecular Hbond substituents is 1. The maximum Gasteiger partial charge on any atom is 0.255 e. The number of benzene rings is 2. The summed E-state index contributed by atoms with van der Waals surface area (Å²) in [5, 5.41) is 14.8. The number of carbonyl (C=O) groups excluding carboxylic acids is 1. The first kappa shape index (κ1) is 14.3. The lowest BCUT2D eigenvalue weighted by atomic mass is 10.1. The van der Waals surface area contributed by atoms with Crippen LogP contribution >= 0.6 is 0 Å². The van der Waals surface area contributed by atoms with E-state index in [2.05, 4.69) is 5.32 Å². The summed E-state index contributed by atoms with van der Waals surface area (Å²) in [6, 6.07) is 11.0. The zero-order valence-electron chi connectivity index (χ0n) is 12.1. The molecule has 2 N–H and O–H groups in total. The van der Waals surface area contributed by atoms with Gasteiger partial charge in [-0.1, -0.05) is 24.3 Å². The molecule has 0 bridgehead atoms. The van der Waals surface area contributed by atoms with Gasteiger partial charge in [0.15, 0.2) is 0 Å². The van der Waals surface area contributed by atoms with Crippen LogP contribution in [0, 0.1) is 0 Å². The normalized spacial score (nSPS) is 12.6. The average molecular weight is 272 g/mol. The van der Waals surface area contributed by atoms with Crippen molar-refractivity contribution in [3.05, 3.63) is 42.0 Å². The molecule has 4 nitrogen and oxygen atoms in total. The SMILES string of the molecule is CC(CN(C)C)NC(=O)c1cc2ccccc2cc1O. The molecule has 1 amide bonds. The highest BCUT2D eigenvalue weighted by Crippen LogP contribution is 2.24. The highest BCUT2D eigenvalue weighted by Gasteiger charge is 2.15. The number of fused-ring (bicyclic) bond motifs is 1. The Balaban J connectivity index is 2.23. The second-order valence-electron chi connectivity index (χ2n) is 5.35. The maximum absolute atomic E-state index is 12.2. The zero-order valence-corrected chi connectivity index (χ0v) is 12.1. The molecule has 0 saturated carbocycles. The van der Waals surface area contributed by atoms with Gasteiger partial charge < -0.3 is 15.3 Å². The van der Waals surface area contributed by atoms with Crippen LogP contribution < -0.4 is 5.32 Å². The monoisotopic (exact) mass is 272 g/mol. The number of likely N-dealkylation sites (N-methyl/N-ethyl adjacent to an activating group) is 1. The Kier molecular flexibility index (Phi) is 4.25. The Morgan fingerprint density at radius 2 is 1.85 bits per heavy atom. The minimum absolute atomic E-state index is 0.0123. The summed E-state index contributed by atoms with van der Waals surface area (Å²) >= 11 is 0. The quantitative estimate of drug-likeness (QED) is 0.897. The largest absolute Gasteiger partial charge is 0.507 e. The molecular formula is C16H20N2O2. The molecule has 0 aliphatic rings. The lowest BCUT2D eigenvalue weighted by Gasteiger charge is -2.18. The fourth-order valence-electron chi connectivity index (χ4n) is 2.31. The van der Waals surface area contributed by atoms with Crippen molar-refractivity contribution in [2.75, 3.05) is 20.6 Å². The number of nitrogens with zero attached hydrogens (tertiary/aromatic N) is 1. The van der Waals surface area contributed by atoms with E-state index in [1.54, 1.807) is 12.1 Å². The van der Waals surface area contributed by atoms with Gasteiger partial charge in [0.05, 0.1) is 5.56 Å². The molecule has 1 unspecified atom stereocenters. The second-order valence-corrected chi connectivity index (χ2v) is 5.35. The molecule has 0 aromatic heterocycles. The van der Waals surface area contributed by atoms with E-state index in [0.717, 1.165) is 17.3 Å². The van der Waals surface area contributed by atoms with Gasteiger partial charge in [0.25, 0.3) is 5.91 Å². The molecule has 2 aromatic carbocycles. The van der Waals surface area contributed by atoms with E-state index in [9.17, 15) is 9.90 Å². The minimum atomic E-state index is -0.248. The van der Waals surface area contributed by atoms with E-state index in [4.69, 9.17) is 0 Å². The van der Waals surface area contributed by atoms with Crippen molar-refractivity contribution in [3.8, 4) is 5.75 Å². The van der Waals surface area contributed by atoms with Crippen molar-refractivity contribution >= 4 is 16.7 Å². The summed E-state index contributed by atoms with van der Waals surface area (Å²) in [5.41, 5.74) is 0.314. The summed E-state index contributed by atoms with van der Waals surface area (Å²) in [4.78, 5) is 14.2. The fraction of sp³-hybridized carbons (Fsp3) is 0.312. The van der Waals surface area contributed by atoms with Gasteiger partial charge in [-0.3, -0.25) is 4.79 Å². The molecule has 4 heteroatoms. The molecule has 1 atom stereocenters. The van der Waals surface area contributed by atoms with Crippen LogP contribution in [0.15, 0.2) is 36.4 Å². The van der Waals surface area contributed by atoms with Crippen LogP contribution in [0.5, 0.6) is 5.75 Å². The van der Waals surface area contributed by atoms with E-state index in [0.29, 0.717) is 5.56 Å². The van der Waals surface area contributed by atoms with Crippen LogP contribution in [-0.2, 0) is 0 Å². The van der Waals surface area contributed by atoms with Crippen molar-refractivity contribution in [3.63, 3.8) is 0 Å². The molecule has 2 aromatic rings. The highest BCUT2D eigenvalue weighted by molar-refractivity contribution is 6.01. The van der Waals surface area contributed by atoms with Gasteiger partial charge in [-0.05, 0) is 43.9 Å². The summed E-state index contributed by atoms with van der Waals surface area (Å²) < 4.78 is 0. The highest BCUT2D eigenvalue weighted by atomic mass is 16.3. The predicted octanol–water partition coefficient (Wildman–Crippen LogP) is 2.23. The third kappa shape index (κ3) is 3.27. The Labute approximate surface area is 119 Å². The summed E-state index contributed by atoms with van der Waals surface area (Å²) in [6.07, 6.45) is 0. The molecule has 20 heavy (non-hydrogen) atoms. The smallest absolute Gasteiger partial charge is 0.255 e. The number of aromatic hydroxyl groups is 1. The number of carbonyl (C=O) groups is 1. The van der Waals surface area contributed by atoms with Gasteiger partial charge in [0.2, 0.25) is 0 Å². The van der Waals surface area contributed by atoms with Gasteiger partial charge in [-0.2, -0.15) is 0 Å². The Hall–Kier alpha value is -2.07. The standard InChI is InChI=1S/C16H20N2O2/c1-11(10-18(2)3)17-16(20)14-8-12-6-4-5-7-13(12)9-15(14)19/h4-9,11,19H,10H2,1-3H3,(H,17,20). The molecule has 0 aliphatic carbocycles. The van der Waals surface area contributed by atoms with Crippen molar-refractivity contribution < 1.29 is 9.90 Å². The zero-order chi connectivity index (χ0) is 14.7. The lowest BCUT2D eigenvalue weighted by molar-refractivity contribution is 0.0932. The van der Waals surface area contributed by atoms with Crippen LogP contribution in [-0.4, -0.2) is 42.6 Å². The van der Waals surface area contributed by atoms with Gasteiger partial charge in [0.1, 0.15) is 5.75 Å². The number of phenols is 1. The van der Waals surface area contributed by atoms with Gasteiger partial charge in [-0.15, -0.1) is 0 Å². The van der Waals surface area contributed by atoms with Gasteiger partial charge >= 0.3 is 0 Å². The third-order valence-corrected chi connectivity index (χ3v) is 3.13. The number of hydrogen-bond acceptors (Lipinski definition) is 3. The van der Waals surface area contributed by atoms with Gasteiger partial charge in [-0.25, -0.2) is 0 Å². The number of nitrogens with one attached hydrogen (secondary N) is 1. The average Bonchev–Trinajstić information content (AvgIpc) is 2.36. The lowest BCUT2D eigenvalue weighted by Crippen LogP contribution is -2.39. The van der Waals surface area contributed by atoms with Crippen LogP contribution in [0.4, 0.5) is 0 Å². The molecule has 0 fully saturated rings. The molecule has 0 spiro atoms.